The lowest BCUT2D eigenvalue weighted by atomic mass is 10.2. The Bertz CT molecular complexity index is 1270. The van der Waals surface area contributed by atoms with Crippen LogP contribution >= 0.6 is 11.3 Å². The number of rotatable bonds is 5. The summed E-state index contributed by atoms with van der Waals surface area (Å²) in [7, 11) is -3.97. The summed E-state index contributed by atoms with van der Waals surface area (Å²) in [5, 5.41) is 0. The lowest BCUT2D eigenvalue weighted by Crippen LogP contribution is -2.23. The molecule has 10 heteroatoms. The highest BCUT2D eigenvalue weighted by atomic mass is 32.2. The zero-order valence-electron chi connectivity index (χ0n) is 16.5. The SMILES string of the molecule is CCOC(=O)Cn1/c(=N/S(=O)(=O)c2ccc(C)cc2)sc2cc3c(cc21)OCCO3. The third kappa shape index (κ3) is 4.05. The first-order valence-electron chi connectivity index (χ1n) is 9.33. The normalized spacial score (nSPS) is 14.1. The molecule has 0 amide bonds. The van der Waals surface area contributed by atoms with Crippen LogP contribution in [-0.2, 0) is 26.1 Å². The van der Waals surface area contributed by atoms with Gasteiger partial charge in [-0.1, -0.05) is 29.0 Å². The first-order valence-corrected chi connectivity index (χ1v) is 11.6. The number of aryl methyl sites for hydroxylation is 1. The van der Waals surface area contributed by atoms with Gasteiger partial charge in [-0.15, -0.1) is 4.40 Å². The van der Waals surface area contributed by atoms with Crippen LogP contribution in [0.2, 0.25) is 0 Å². The summed E-state index contributed by atoms with van der Waals surface area (Å²) in [5.74, 6) is 0.629. The molecule has 0 spiro atoms. The maximum Gasteiger partial charge on any atom is 0.326 e. The van der Waals surface area contributed by atoms with E-state index in [-0.39, 0.29) is 22.8 Å². The Balaban J connectivity index is 1.89. The van der Waals surface area contributed by atoms with Crippen LogP contribution in [-0.4, -0.2) is 38.8 Å². The molecule has 0 N–H and O–H groups in total. The fourth-order valence-electron chi connectivity index (χ4n) is 3.03. The average molecular weight is 449 g/mol. The van der Waals surface area contributed by atoms with Crippen LogP contribution in [0.4, 0.5) is 0 Å². The molecule has 2 heterocycles. The van der Waals surface area contributed by atoms with Gasteiger partial charge in [-0.05, 0) is 26.0 Å². The molecule has 2 aromatic carbocycles. The van der Waals surface area contributed by atoms with Crippen molar-refractivity contribution >= 4 is 37.5 Å². The van der Waals surface area contributed by atoms with E-state index in [0.29, 0.717) is 30.2 Å². The van der Waals surface area contributed by atoms with E-state index in [4.69, 9.17) is 14.2 Å². The maximum absolute atomic E-state index is 12.9. The predicted octanol–water partition coefficient (Wildman–Crippen LogP) is 2.64. The van der Waals surface area contributed by atoms with Crippen molar-refractivity contribution in [3.8, 4) is 11.5 Å². The van der Waals surface area contributed by atoms with Crippen LogP contribution in [0.5, 0.6) is 11.5 Å². The molecule has 0 aliphatic carbocycles. The largest absolute Gasteiger partial charge is 0.486 e. The summed E-state index contributed by atoms with van der Waals surface area (Å²) in [6, 6.07) is 9.95. The second-order valence-corrected chi connectivity index (χ2v) is 9.23. The van der Waals surface area contributed by atoms with Crippen LogP contribution in [0.1, 0.15) is 12.5 Å². The van der Waals surface area contributed by atoms with Gasteiger partial charge in [0.15, 0.2) is 11.5 Å². The van der Waals surface area contributed by atoms with Crippen LogP contribution in [0.3, 0.4) is 0 Å². The predicted molar refractivity (Wildman–Crippen MR) is 111 cm³/mol. The summed E-state index contributed by atoms with van der Waals surface area (Å²) in [4.78, 5) is 12.4. The fourth-order valence-corrected chi connectivity index (χ4v) is 5.27. The molecule has 0 saturated heterocycles. The Morgan fingerprint density at radius 3 is 2.50 bits per heavy atom. The number of esters is 1. The van der Waals surface area contributed by atoms with Gasteiger partial charge in [-0.2, -0.15) is 8.42 Å². The van der Waals surface area contributed by atoms with Crippen molar-refractivity contribution in [2.24, 2.45) is 4.40 Å². The lowest BCUT2D eigenvalue weighted by Gasteiger charge is -2.18. The molecule has 3 aromatic rings. The molecule has 158 valence electrons. The number of carbonyl (C=O) groups excluding carboxylic acids is 1. The van der Waals surface area contributed by atoms with E-state index in [1.165, 1.54) is 16.7 Å². The zero-order chi connectivity index (χ0) is 21.3. The van der Waals surface area contributed by atoms with Gasteiger partial charge in [0.05, 0.1) is 21.7 Å². The van der Waals surface area contributed by atoms with Crippen molar-refractivity contribution in [2.45, 2.75) is 25.3 Å². The number of hydrogen-bond acceptors (Lipinski definition) is 7. The molecule has 0 fully saturated rings. The minimum Gasteiger partial charge on any atom is -0.486 e. The molecule has 0 atom stereocenters. The molecule has 1 aliphatic rings. The van der Waals surface area contributed by atoms with Crippen molar-refractivity contribution < 1.29 is 27.4 Å². The zero-order valence-corrected chi connectivity index (χ0v) is 18.1. The summed E-state index contributed by atoms with van der Waals surface area (Å²) in [6.07, 6.45) is 0. The number of fused-ring (bicyclic) bond motifs is 2. The molecule has 0 bridgehead atoms. The minimum atomic E-state index is -3.97. The second-order valence-electron chi connectivity index (χ2n) is 6.62. The number of nitrogens with zero attached hydrogens (tertiary/aromatic N) is 2. The summed E-state index contributed by atoms with van der Waals surface area (Å²) in [5.41, 5.74) is 1.56. The van der Waals surface area contributed by atoms with Gasteiger partial charge in [0, 0.05) is 12.1 Å². The van der Waals surface area contributed by atoms with E-state index < -0.39 is 16.0 Å². The molecular formula is C20H20N2O6S2. The Kier molecular flexibility index (Phi) is 5.52. The molecule has 0 saturated carbocycles. The van der Waals surface area contributed by atoms with Crippen molar-refractivity contribution in [2.75, 3.05) is 19.8 Å². The van der Waals surface area contributed by atoms with Crippen molar-refractivity contribution in [3.05, 3.63) is 46.8 Å². The number of aromatic nitrogens is 1. The van der Waals surface area contributed by atoms with E-state index in [0.717, 1.165) is 21.6 Å². The molecule has 0 radical (unpaired) electrons. The number of ether oxygens (including phenoxy) is 3. The highest BCUT2D eigenvalue weighted by Crippen LogP contribution is 2.35. The first kappa shape index (κ1) is 20.4. The third-order valence-electron chi connectivity index (χ3n) is 4.46. The van der Waals surface area contributed by atoms with Crippen LogP contribution in [0.15, 0.2) is 45.7 Å². The number of benzene rings is 2. The van der Waals surface area contributed by atoms with E-state index >= 15 is 0 Å². The molecular weight excluding hydrogens is 428 g/mol. The molecule has 30 heavy (non-hydrogen) atoms. The van der Waals surface area contributed by atoms with Gasteiger partial charge < -0.3 is 18.8 Å². The van der Waals surface area contributed by atoms with Gasteiger partial charge in [0.2, 0.25) is 4.80 Å². The van der Waals surface area contributed by atoms with E-state index in [2.05, 4.69) is 4.40 Å². The number of carbonyl (C=O) groups is 1. The van der Waals surface area contributed by atoms with Crippen LogP contribution < -0.4 is 14.3 Å². The number of hydrogen-bond donors (Lipinski definition) is 0. The Morgan fingerprint density at radius 2 is 1.83 bits per heavy atom. The van der Waals surface area contributed by atoms with Gasteiger partial charge in [0.1, 0.15) is 19.8 Å². The van der Waals surface area contributed by atoms with E-state index in [1.807, 2.05) is 6.92 Å². The molecule has 1 aromatic heterocycles. The van der Waals surface area contributed by atoms with Gasteiger partial charge in [-0.25, -0.2) is 0 Å². The average Bonchev–Trinajstić information content (AvgIpc) is 3.02. The molecule has 8 nitrogen and oxygen atoms in total. The Morgan fingerprint density at radius 1 is 1.17 bits per heavy atom. The fraction of sp³-hybridized carbons (Fsp3) is 0.300. The van der Waals surface area contributed by atoms with E-state index in [1.54, 1.807) is 31.2 Å². The highest BCUT2D eigenvalue weighted by Gasteiger charge is 2.20. The summed E-state index contributed by atoms with van der Waals surface area (Å²) < 4.78 is 48.3. The number of thiazole rings is 1. The molecule has 0 unspecified atom stereocenters. The standard InChI is InChI=1S/C20H20N2O6S2/c1-3-26-19(23)12-22-15-10-16-17(28-9-8-27-16)11-18(15)29-20(22)21-30(24,25)14-6-4-13(2)5-7-14/h4-7,10-11H,3,8-9,12H2,1-2H3/b21-20-. The van der Waals surface area contributed by atoms with Crippen LogP contribution in [0, 0.1) is 6.92 Å². The first-order chi connectivity index (χ1) is 14.4. The topological polar surface area (TPSA) is 96.2 Å². The van der Waals surface area contributed by atoms with Crippen molar-refractivity contribution in [1.82, 2.24) is 4.57 Å². The quantitative estimate of drug-likeness (QED) is 0.557. The maximum atomic E-state index is 12.9. The minimum absolute atomic E-state index is 0.0826. The highest BCUT2D eigenvalue weighted by molar-refractivity contribution is 7.90. The van der Waals surface area contributed by atoms with Crippen molar-refractivity contribution in [1.29, 1.82) is 0 Å². The Labute approximate surface area is 177 Å². The number of sulfonamides is 1. The molecule has 1 aliphatic heterocycles. The van der Waals surface area contributed by atoms with E-state index in [9.17, 15) is 13.2 Å². The van der Waals surface area contributed by atoms with Gasteiger partial charge in [0.25, 0.3) is 10.0 Å². The smallest absolute Gasteiger partial charge is 0.326 e. The monoisotopic (exact) mass is 448 g/mol. The Hall–Kier alpha value is -2.85. The second kappa shape index (κ2) is 8.11. The van der Waals surface area contributed by atoms with Gasteiger partial charge >= 0.3 is 5.97 Å². The lowest BCUT2D eigenvalue weighted by molar-refractivity contribution is -0.143. The van der Waals surface area contributed by atoms with Gasteiger partial charge in [-0.3, -0.25) is 4.79 Å². The third-order valence-corrected chi connectivity index (χ3v) is 6.89. The summed E-state index contributed by atoms with van der Waals surface area (Å²) >= 11 is 1.16. The van der Waals surface area contributed by atoms with Crippen LogP contribution in [0.25, 0.3) is 10.2 Å². The van der Waals surface area contributed by atoms with Crippen molar-refractivity contribution in [3.63, 3.8) is 0 Å². The summed E-state index contributed by atoms with van der Waals surface area (Å²) in [6.45, 7) is 4.49. The molecule has 4 rings (SSSR count).